The molecule has 7 heteroatoms. The van der Waals surface area contributed by atoms with E-state index < -0.39 is 0 Å². The van der Waals surface area contributed by atoms with Crippen molar-refractivity contribution in [2.24, 2.45) is 0 Å². The number of hydrogen-bond donors (Lipinski definition) is 1. The van der Waals surface area contributed by atoms with Gasteiger partial charge in [-0.3, -0.25) is 9.78 Å². The van der Waals surface area contributed by atoms with Crippen molar-refractivity contribution in [1.82, 2.24) is 18.9 Å². The van der Waals surface area contributed by atoms with Crippen molar-refractivity contribution in [3.8, 4) is 6.07 Å². The Morgan fingerprint density at radius 1 is 1.13 bits per heavy atom. The van der Waals surface area contributed by atoms with Gasteiger partial charge in [-0.1, -0.05) is 30.3 Å². The minimum atomic E-state index is -0.319. The zero-order valence-electron chi connectivity index (χ0n) is 15.9. The molecular formula is C23H16N6O. The van der Waals surface area contributed by atoms with Crippen LogP contribution in [-0.4, -0.2) is 24.8 Å². The molecule has 0 atom stereocenters. The number of nitrogens with zero attached hydrogens (tertiary/aromatic N) is 5. The highest BCUT2D eigenvalue weighted by Gasteiger charge is 2.14. The number of nitrogens with one attached hydrogen (secondary N) is 1. The van der Waals surface area contributed by atoms with E-state index in [9.17, 15) is 10.1 Å². The second-order valence-electron chi connectivity index (χ2n) is 6.92. The van der Waals surface area contributed by atoms with Crippen LogP contribution in [0, 0.1) is 11.3 Å². The first-order valence-corrected chi connectivity index (χ1v) is 9.38. The fraction of sp³-hybridized carbons (Fsp3) is 0.0435. The third kappa shape index (κ3) is 3.16. The van der Waals surface area contributed by atoms with Crippen LogP contribution in [0.5, 0.6) is 0 Å². The topological polar surface area (TPSA) is 88.0 Å². The number of rotatable bonds is 4. The summed E-state index contributed by atoms with van der Waals surface area (Å²) in [6.07, 6.45) is 8.46. The van der Waals surface area contributed by atoms with Gasteiger partial charge in [-0.15, -0.1) is 0 Å². The molecule has 0 saturated carbocycles. The maximum absolute atomic E-state index is 12.6. The van der Waals surface area contributed by atoms with E-state index in [-0.39, 0.29) is 5.91 Å². The molecule has 1 N–H and O–H groups in total. The summed E-state index contributed by atoms with van der Waals surface area (Å²) in [5.41, 5.74) is 4.16. The smallest absolute Gasteiger partial charge is 0.275 e. The first kappa shape index (κ1) is 17.6. The van der Waals surface area contributed by atoms with E-state index in [0.29, 0.717) is 29.1 Å². The van der Waals surface area contributed by atoms with Crippen LogP contribution in [0.1, 0.15) is 21.6 Å². The first-order chi connectivity index (χ1) is 14.7. The Morgan fingerprint density at radius 2 is 2.00 bits per heavy atom. The van der Waals surface area contributed by atoms with Gasteiger partial charge in [-0.05, 0) is 23.8 Å². The quantitative estimate of drug-likeness (QED) is 0.503. The molecule has 0 aliphatic rings. The summed E-state index contributed by atoms with van der Waals surface area (Å²) in [5.74, 6) is -0.319. The molecule has 3 heterocycles. The molecule has 0 unspecified atom stereocenters. The average Bonchev–Trinajstić information content (AvgIpc) is 3.36. The van der Waals surface area contributed by atoms with Crippen molar-refractivity contribution in [2.45, 2.75) is 6.54 Å². The van der Waals surface area contributed by atoms with E-state index in [1.165, 1.54) is 0 Å². The van der Waals surface area contributed by atoms with Crippen LogP contribution in [0.25, 0.3) is 16.6 Å². The van der Waals surface area contributed by atoms with Crippen LogP contribution in [0.3, 0.4) is 0 Å². The van der Waals surface area contributed by atoms with Crippen LogP contribution in [0.4, 0.5) is 5.69 Å². The predicted octanol–water partition coefficient (Wildman–Crippen LogP) is 3.86. The normalized spacial score (nSPS) is 10.9. The number of carbonyl (C=O) groups excluding carboxylic acids is 1. The Hall–Kier alpha value is -4.44. The molecular weight excluding hydrogens is 376 g/mol. The molecule has 144 valence electrons. The maximum Gasteiger partial charge on any atom is 0.275 e. The lowest BCUT2D eigenvalue weighted by Crippen LogP contribution is -2.12. The zero-order chi connectivity index (χ0) is 20.5. The Balaban J connectivity index is 1.45. The first-order valence-electron chi connectivity index (χ1n) is 9.38. The van der Waals surface area contributed by atoms with Crippen molar-refractivity contribution < 1.29 is 4.79 Å². The Kier molecular flexibility index (Phi) is 4.23. The van der Waals surface area contributed by atoms with Crippen molar-refractivity contribution in [2.75, 3.05) is 5.32 Å². The van der Waals surface area contributed by atoms with Crippen molar-refractivity contribution in [3.63, 3.8) is 0 Å². The van der Waals surface area contributed by atoms with Gasteiger partial charge in [-0.2, -0.15) is 5.26 Å². The van der Waals surface area contributed by atoms with Crippen LogP contribution >= 0.6 is 0 Å². The molecule has 0 saturated heterocycles. The Bertz CT molecular complexity index is 1390. The molecule has 0 aliphatic carbocycles. The number of carbonyl (C=O) groups is 1. The second-order valence-corrected chi connectivity index (χ2v) is 6.92. The molecule has 0 spiro atoms. The number of amides is 1. The second kappa shape index (κ2) is 7.18. The third-order valence-electron chi connectivity index (χ3n) is 4.95. The van der Waals surface area contributed by atoms with Gasteiger partial charge in [0.25, 0.3) is 5.91 Å². The van der Waals surface area contributed by atoms with Crippen LogP contribution in [0.2, 0.25) is 0 Å². The SMILES string of the molecule is N#Cc1cn(Cc2ccccc2)c2ccc(NC(=O)c3cn4ccncc4n3)cc12. The van der Waals surface area contributed by atoms with Gasteiger partial charge in [0.2, 0.25) is 0 Å². The van der Waals surface area contributed by atoms with Gasteiger partial charge in [0, 0.05) is 47.9 Å². The minimum Gasteiger partial charge on any atom is -0.342 e. The molecule has 0 aliphatic heterocycles. The van der Waals surface area contributed by atoms with Gasteiger partial charge < -0.3 is 14.3 Å². The molecule has 7 nitrogen and oxygen atoms in total. The van der Waals surface area contributed by atoms with Gasteiger partial charge >= 0.3 is 0 Å². The number of nitriles is 1. The van der Waals surface area contributed by atoms with Gasteiger partial charge in [-0.25, -0.2) is 4.98 Å². The van der Waals surface area contributed by atoms with Crippen LogP contribution in [0.15, 0.2) is 79.5 Å². The summed E-state index contributed by atoms with van der Waals surface area (Å²) in [6, 6.07) is 17.9. The van der Waals surface area contributed by atoms with E-state index in [1.54, 1.807) is 29.2 Å². The summed E-state index contributed by atoms with van der Waals surface area (Å²) in [5, 5.41) is 13.2. The minimum absolute atomic E-state index is 0.297. The summed E-state index contributed by atoms with van der Waals surface area (Å²) < 4.78 is 3.78. The van der Waals surface area contributed by atoms with Crippen LogP contribution < -0.4 is 5.32 Å². The number of hydrogen-bond acceptors (Lipinski definition) is 4. The summed E-state index contributed by atoms with van der Waals surface area (Å²) in [6.45, 7) is 0.667. The standard InChI is InChI=1S/C23H16N6O/c24-11-17-14-29(13-16-4-2-1-3-5-16)21-7-6-18(10-19(17)21)26-23(30)20-15-28-9-8-25-12-22(28)27-20/h1-10,12,14-15H,13H2,(H,26,30). The molecule has 0 fully saturated rings. The number of aromatic nitrogens is 4. The summed E-state index contributed by atoms with van der Waals surface area (Å²) >= 11 is 0. The Labute approximate surface area is 171 Å². The molecule has 0 bridgehead atoms. The average molecular weight is 392 g/mol. The highest BCUT2D eigenvalue weighted by atomic mass is 16.1. The van der Waals surface area contributed by atoms with E-state index in [0.717, 1.165) is 16.5 Å². The molecule has 2 aromatic carbocycles. The van der Waals surface area contributed by atoms with E-state index in [4.69, 9.17) is 0 Å². The molecule has 5 aromatic rings. The van der Waals surface area contributed by atoms with E-state index in [2.05, 4.69) is 33.5 Å². The summed E-state index contributed by atoms with van der Waals surface area (Å²) in [7, 11) is 0. The predicted molar refractivity (Wildman–Crippen MR) is 113 cm³/mol. The number of imidazole rings is 1. The lowest BCUT2D eigenvalue weighted by atomic mass is 10.1. The summed E-state index contributed by atoms with van der Waals surface area (Å²) in [4.78, 5) is 20.9. The molecule has 30 heavy (non-hydrogen) atoms. The van der Waals surface area contributed by atoms with Crippen LogP contribution in [-0.2, 0) is 6.54 Å². The molecule has 0 radical (unpaired) electrons. The monoisotopic (exact) mass is 392 g/mol. The maximum atomic E-state index is 12.6. The van der Waals surface area contributed by atoms with Crippen molar-refractivity contribution in [3.05, 3.63) is 96.3 Å². The van der Waals surface area contributed by atoms with Gasteiger partial charge in [0.15, 0.2) is 5.65 Å². The van der Waals surface area contributed by atoms with E-state index >= 15 is 0 Å². The fourth-order valence-corrected chi connectivity index (χ4v) is 3.52. The highest BCUT2D eigenvalue weighted by molar-refractivity contribution is 6.04. The molecule has 3 aromatic heterocycles. The Morgan fingerprint density at radius 3 is 2.80 bits per heavy atom. The largest absolute Gasteiger partial charge is 0.342 e. The zero-order valence-corrected chi connectivity index (χ0v) is 15.9. The number of benzene rings is 2. The van der Waals surface area contributed by atoms with Gasteiger partial charge in [0.05, 0.1) is 11.8 Å². The lowest BCUT2D eigenvalue weighted by molar-refractivity contribution is 0.102. The lowest BCUT2D eigenvalue weighted by Gasteiger charge is -2.07. The number of fused-ring (bicyclic) bond motifs is 2. The van der Waals surface area contributed by atoms with Gasteiger partial charge in [0.1, 0.15) is 11.8 Å². The van der Waals surface area contributed by atoms with Crippen molar-refractivity contribution >= 4 is 28.1 Å². The fourth-order valence-electron chi connectivity index (χ4n) is 3.52. The van der Waals surface area contributed by atoms with Crippen molar-refractivity contribution in [1.29, 1.82) is 5.26 Å². The molecule has 5 rings (SSSR count). The van der Waals surface area contributed by atoms with E-state index in [1.807, 2.05) is 47.2 Å². The third-order valence-corrected chi connectivity index (χ3v) is 4.95. The number of anilines is 1. The molecule has 1 amide bonds. The highest BCUT2D eigenvalue weighted by Crippen LogP contribution is 2.26.